The SMILES string of the molecule is CN(C)C=NC(=O)CC(C)(C)C. The molecule has 0 fully saturated rings. The second-order valence-electron chi connectivity index (χ2n) is 4.34. The van der Waals surface area contributed by atoms with Gasteiger partial charge in [-0.15, -0.1) is 0 Å². The lowest BCUT2D eigenvalue weighted by Crippen LogP contribution is -2.14. The summed E-state index contributed by atoms with van der Waals surface area (Å²) < 4.78 is 0. The van der Waals surface area contributed by atoms with Gasteiger partial charge in [-0.1, -0.05) is 20.8 Å². The van der Waals surface area contributed by atoms with E-state index in [1.807, 2.05) is 34.9 Å². The van der Waals surface area contributed by atoms with Crippen LogP contribution < -0.4 is 0 Å². The number of carbonyl (C=O) groups excluding carboxylic acids is 1. The molecular weight excluding hydrogens is 152 g/mol. The van der Waals surface area contributed by atoms with Crippen LogP contribution in [-0.2, 0) is 4.79 Å². The molecule has 0 heterocycles. The van der Waals surface area contributed by atoms with Crippen molar-refractivity contribution in [3.63, 3.8) is 0 Å². The highest BCUT2D eigenvalue weighted by Crippen LogP contribution is 2.18. The highest BCUT2D eigenvalue weighted by atomic mass is 16.1. The maximum Gasteiger partial charge on any atom is 0.247 e. The predicted octanol–water partition coefficient (Wildman–Crippen LogP) is 1.54. The van der Waals surface area contributed by atoms with Crippen LogP contribution in [0.3, 0.4) is 0 Å². The molecule has 70 valence electrons. The first-order valence-corrected chi connectivity index (χ1v) is 4.05. The van der Waals surface area contributed by atoms with E-state index >= 15 is 0 Å². The van der Waals surface area contributed by atoms with Gasteiger partial charge in [0.05, 0.1) is 6.34 Å². The van der Waals surface area contributed by atoms with Crippen molar-refractivity contribution in [1.29, 1.82) is 0 Å². The van der Waals surface area contributed by atoms with Crippen LogP contribution in [0.4, 0.5) is 0 Å². The molecule has 0 bridgehead atoms. The second-order valence-corrected chi connectivity index (χ2v) is 4.34. The highest BCUT2D eigenvalue weighted by molar-refractivity contribution is 5.84. The fourth-order valence-corrected chi connectivity index (χ4v) is 0.679. The van der Waals surface area contributed by atoms with Crippen LogP contribution in [0.5, 0.6) is 0 Å². The van der Waals surface area contributed by atoms with E-state index in [1.165, 1.54) is 6.34 Å². The van der Waals surface area contributed by atoms with Crippen LogP contribution >= 0.6 is 0 Å². The smallest absolute Gasteiger partial charge is 0.247 e. The fourth-order valence-electron chi connectivity index (χ4n) is 0.679. The molecule has 0 aromatic carbocycles. The molecule has 0 aliphatic heterocycles. The standard InChI is InChI=1S/C9H18N2O/c1-9(2,3)6-8(12)10-7-11(4)5/h7H,6H2,1-5H3. The largest absolute Gasteiger partial charge is 0.369 e. The molecule has 0 saturated carbocycles. The quantitative estimate of drug-likeness (QED) is 0.465. The number of hydrogen-bond acceptors (Lipinski definition) is 1. The number of amides is 1. The summed E-state index contributed by atoms with van der Waals surface area (Å²) in [5, 5.41) is 0. The van der Waals surface area contributed by atoms with E-state index in [0.29, 0.717) is 6.42 Å². The molecule has 12 heavy (non-hydrogen) atoms. The molecule has 1 amide bonds. The van der Waals surface area contributed by atoms with E-state index in [-0.39, 0.29) is 11.3 Å². The summed E-state index contributed by atoms with van der Waals surface area (Å²) >= 11 is 0. The van der Waals surface area contributed by atoms with Crippen LogP contribution in [0.25, 0.3) is 0 Å². The molecule has 0 saturated heterocycles. The van der Waals surface area contributed by atoms with Gasteiger partial charge in [0.1, 0.15) is 0 Å². The van der Waals surface area contributed by atoms with E-state index in [2.05, 4.69) is 4.99 Å². The first-order valence-electron chi connectivity index (χ1n) is 4.05. The third-order valence-corrected chi connectivity index (χ3v) is 1.11. The lowest BCUT2D eigenvalue weighted by molar-refractivity contribution is -0.119. The lowest BCUT2D eigenvalue weighted by atomic mass is 9.92. The number of aliphatic imine (C=N–C) groups is 1. The third kappa shape index (κ3) is 7.25. The molecule has 0 N–H and O–H groups in total. The number of nitrogens with zero attached hydrogens (tertiary/aromatic N) is 2. The Morgan fingerprint density at radius 2 is 1.92 bits per heavy atom. The predicted molar refractivity (Wildman–Crippen MR) is 51.3 cm³/mol. The Bertz CT molecular complexity index is 177. The molecule has 3 nitrogen and oxygen atoms in total. The van der Waals surface area contributed by atoms with Crippen molar-refractivity contribution < 1.29 is 4.79 Å². The number of hydrogen-bond donors (Lipinski definition) is 0. The van der Waals surface area contributed by atoms with Crippen molar-refractivity contribution in [2.24, 2.45) is 10.4 Å². The van der Waals surface area contributed by atoms with Gasteiger partial charge in [0, 0.05) is 20.5 Å². The summed E-state index contributed by atoms with van der Waals surface area (Å²) in [5.41, 5.74) is 0.0285. The topological polar surface area (TPSA) is 32.7 Å². The average Bonchev–Trinajstić information content (AvgIpc) is 1.79. The first-order chi connectivity index (χ1) is 5.31. The van der Waals surface area contributed by atoms with Crippen LogP contribution in [-0.4, -0.2) is 31.2 Å². The van der Waals surface area contributed by atoms with Crippen LogP contribution in [0.1, 0.15) is 27.2 Å². The zero-order valence-corrected chi connectivity index (χ0v) is 8.59. The Kier molecular flexibility index (Phi) is 3.93. The van der Waals surface area contributed by atoms with Crippen molar-refractivity contribution >= 4 is 12.2 Å². The lowest BCUT2D eigenvalue weighted by Gasteiger charge is -2.14. The van der Waals surface area contributed by atoms with Gasteiger partial charge in [-0.05, 0) is 5.41 Å². The minimum atomic E-state index is -0.0591. The first kappa shape index (κ1) is 11.1. The van der Waals surface area contributed by atoms with Crippen LogP contribution in [0.15, 0.2) is 4.99 Å². The fraction of sp³-hybridized carbons (Fsp3) is 0.778. The number of carbonyl (C=O) groups is 1. The molecule has 0 aliphatic rings. The van der Waals surface area contributed by atoms with Crippen molar-refractivity contribution in [1.82, 2.24) is 4.90 Å². The Morgan fingerprint density at radius 1 is 1.42 bits per heavy atom. The molecule has 0 unspecified atom stereocenters. The average molecular weight is 170 g/mol. The molecular formula is C9H18N2O. The maximum atomic E-state index is 11.1. The van der Waals surface area contributed by atoms with Gasteiger partial charge in [-0.3, -0.25) is 4.79 Å². The zero-order valence-electron chi connectivity index (χ0n) is 8.59. The summed E-state index contributed by atoms with van der Waals surface area (Å²) in [6.07, 6.45) is 2.03. The zero-order chi connectivity index (χ0) is 9.78. The molecule has 0 aromatic rings. The van der Waals surface area contributed by atoms with E-state index in [1.54, 1.807) is 4.90 Å². The van der Waals surface area contributed by atoms with Crippen molar-refractivity contribution in [3.05, 3.63) is 0 Å². The molecule has 0 aromatic heterocycles. The van der Waals surface area contributed by atoms with E-state index in [4.69, 9.17) is 0 Å². The molecule has 0 radical (unpaired) electrons. The minimum Gasteiger partial charge on any atom is -0.369 e. The van der Waals surface area contributed by atoms with Gasteiger partial charge < -0.3 is 4.90 Å². The van der Waals surface area contributed by atoms with Crippen LogP contribution in [0, 0.1) is 5.41 Å². The molecule has 0 rings (SSSR count). The molecule has 0 aliphatic carbocycles. The molecule has 0 atom stereocenters. The van der Waals surface area contributed by atoms with E-state index in [0.717, 1.165) is 0 Å². The third-order valence-electron chi connectivity index (χ3n) is 1.11. The summed E-state index contributed by atoms with van der Waals surface area (Å²) in [4.78, 5) is 16.7. The maximum absolute atomic E-state index is 11.1. The molecule has 3 heteroatoms. The summed E-state index contributed by atoms with van der Waals surface area (Å²) in [6.45, 7) is 6.07. The summed E-state index contributed by atoms with van der Waals surface area (Å²) in [5.74, 6) is -0.0591. The second kappa shape index (κ2) is 4.24. The monoisotopic (exact) mass is 170 g/mol. The Balaban J connectivity index is 3.91. The minimum absolute atomic E-state index is 0.0285. The van der Waals surface area contributed by atoms with E-state index in [9.17, 15) is 4.79 Å². The van der Waals surface area contributed by atoms with Crippen LogP contribution in [0.2, 0.25) is 0 Å². The number of rotatable bonds is 2. The Morgan fingerprint density at radius 3 is 2.25 bits per heavy atom. The Hall–Kier alpha value is -0.860. The van der Waals surface area contributed by atoms with Gasteiger partial charge in [0.2, 0.25) is 5.91 Å². The summed E-state index contributed by atoms with van der Waals surface area (Å²) in [7, 11) is 3.68. The highest BCUT2D eigenvalue weighted by Gasteiger charge is 2.14. The summed E-state index contributed by atoms with van der Waals surface area (Å²) in [6, 6.07) is 0. The van der Waals surface area contributed by atoms with Gasteiger partial charge in [-0.25, -0.2) is 4.99 Å². The van der Waals surface area contributed by atoms with Gasteiger partial charge in [0.15, 0.2) is 0 Å². The van der Waals surface area contributed by atoms with Crippen molar-refractivity contribution in [3.8, 4) is 0 Å². The van der Waals surface area contributed by atoms with Crippen molar-refractivity contribution in [2.75, 3.05) is 14.1 Å². The normalized spacial score (nSPS) is 12.1. The van der Waals surface area contributed by atoms with Gasteiger partial charge in [-0.2, -0.15) is 0 Å². The Labute approximate surface area is 74.5 Å². The van der Waals surface area contributed by atoms with Gasteiger partial charge in [0.25, 0.3) is 0 Å². The van der Waals surface area contributed by atoms with E-state index < -0.39 is 0 Å². The van der Waals surface area contributed by atoms with Crippen molar-refractivity contribution in [2.45, 2.75) is 27.2 Å². The van der Waals surface area contributed by atoms with Gasteiger partial charge >= 0.3 is 0 Å². The molecule has 0 spiro atoms.